The number of hydrogen-bond donors (Lipinski definition) is 1. The molecule has 0 fully saturated rings. The first-order valence-electron chi connectivity index (χ1n) is 8.81. The number of benzene rings is 1. The molecule has 0 saturated carbocycles. The summed E-state index contributed by atoms with van der Waals surface area (Å²) in [5.41, 5.74) is 1.27. The summed E-state index contributed by atoms with van der Waals surface area (Å²) in [5, 5.41) is 22.9. The molecule has 1 N–H and O–H groups in total. The molecule has 158 valence electrons. The Labute approximate surface area is 186 Å². The van der Waals surface area contributed by atoms with Crippen molar-refractivity contribution in [2.45, 2.75) is 26.9 Å². The molecule has 3 rings (SSSR count). The largest absolute Gasteiger partial charge is 0.390 e. The summed E-state index contributed by atoms with van der Waals surface area (Å²) >= 11 is 18.6. The highest BCUT2D eigenvalue weighted by Gasteiger charge is 2.22. The van der Waals surface area contributed by atoms with Crippen molar-refractivity contribution in [3.63, 3.8) is 0 Å². The van der Waals surface area contributed by atoms with Crippen LogP contribution in [0.5, 0.6) is 0 Å². The van der Waals surface area contributed by atoms with Gasteiger partial charge in [0.2, 0.25) is 5.91 Å². The van der Waals surface area contributed by atoms with Gasteiger partial charge in [0.15, 0.2) is 5.82 Å². The third-order valence-corrected chi connectivity index (χ3v) is 5.37. The Morgan fingerprint density at radius 3 is 2.50 bits per heavy atom. The Bertz CT molecular complexity index is 1090. The smallest absolute Gasteiger partial charge is 0.358 e. The maximum Gasteiger partial charge on any atom is 0.390 e. The number of nitro groups is 1. The predicted molar refractivity (Wildman–Crippen MR) is 114 cm³/mol. The van der Waals surface area contributed by atoms with Crippen molar-refractivity contribution >= 4 is 52.3 Å². The summed E-state index contributed by atoms with van der Waals surface area (Å²) in [5.74, 6) is -0.960. The lowest BCUT2D eigenvalue weighted by Gasteiger charge is -2.10. The second kappa shape index (κ2) is 9.03. The number of amides is 1. The number of carbonyl (C=O) groups excluding carboxylic acids is 1. The Morgan fingerprint density at radius 1 is 1.23 bits per heavy atom. The van der Waals surface area contributed by atoms with Crippen LogP contribution in [0.3, 0.4) is 0 Å². The van der Waals surface area contributed by atoms with Gasteiger partial charge in [0.05, 0.1) is 35.9 Å². The van der Waals surface area contributed by atoms with Crippen molar-refractivity contribution in [2.24, 2.45) is 5.92 Å². The fourth-order valence-corrected chi connectivity index (χ4v) is 3.47. The van der Waals surface area contributed by atoms with Crippen molar-refractivity contribution in [1.82, 2.24) is 19.6 Å². The number of hydrogen-bond acceptors (Lipinski definition) is 5. The molecule has 3 aromatic rings. The first-order valence-corrected chi connectivity index (χ1v) is 9.94. The van der Waals surface area contributed by atoms with Crippen LogP contribution in [0.2, 0.25) is 15.1 Å². The van der Waals surface area contributed by atoms with Crippen LogP contribution >= 0.6 is 34.8 Å². The van der Waals surface area contributed by atoms with Crippen LogP contribution in [0.25, 0.3) is 0 Å². The van der Waals surface area contributed by atoms with Crippen LogP contribution in [0.15, 0.2) is 30.5 Å². The van der Waals surface area contributed by atoms with Crippen LogP contribution in [0, 0.1) is 23.0 Å². The minimum Gasteiger partial charge on any atom is -0.358 e. The van der Waals surface area contributed by atoms with Gasteiger partial charge in [-0.25, -0.2) is 0 Å². The van der Waals surface area contributed by atoms with E-state index in [0.717, 1.165) is 0 Å². The van der Waals surface area contributed by atoms with Crippen LogP contribution in [0.4, 0.5) is 11.6 Å². The number of halogens is 3. The van der Waals surface area contributed by atoms with Crippen LogP contribution in [-0.4, -0.2) is 30.4 Å². The molecular formula is C18H17Cl3N6O3. The molecule has 1 atom stereocenters. The van der Waals surface area contributed by atoms with Crippen LogP contribution in [-0.2, 0) is 17.9 Å². The molecular weight excluding hydrogens is 455 g/mol. The van der Waals surface area contributed by atoms with E-state index < -0.39 is 10.8 Å². The number of carbonyl (C=O) groups is 1. The van der Waals surface area contributed by atoms with Crippen LogP contribution in [0.1, 0.15) is 18.2 Å². The topological polar surface area (TPSA) is 108 Å². The van der Waals surface area contributed by atoms with Crippen molar-refractivity contribution in [1.29, 1.82) is 0 Å². The van der Waals surface area contributed by atoms with E-state index in [1.807, 2.05) is 0 Å². The second-order valence-electron chi connectivity index (χ2n) is 6.70. The third kappa shape index (κ3) is 4.92. The highest BCUT2D eigenvalue weighted by molar-refractivity contribution is 6.36. The van der Waals surface area contributed by atoms with E-state index in [1.54, 1.807) is 38.2 Å². The van der Waals surface area contributed by atoms with E-state index >= 15 is 0 Å². The number of nitrogens with zero attached hydrogens (tertiary/aromatic N) is 5. The lowest BCUT2D eigenvalue weighted by molar-refractivity contribution is -0.389. The van der Waals surface area contributed by atoms with Gasteiger partial charge in [-0.05, 0) is 24.0 Å². The zero-order valence-electron chi connectivity index (χ0n) is 16.0. The predicted octanol–water partition coefficient (Wildman–Crippen LogP) is 4.58. The molecule has 30 heavy (non-hydrogen) atoms. The number of anilines is 1. The zero-order chi connectivity index (χ0) is 22.0. The normalized spacial score (nSPS) is 12.0. The summed E-state index contributed by atoms with van der Waals surface area (Å²) in [6, 6.07) is 6.54. The fourth-order valence-electron chi connectivity index (χ4n) is 2.76. The summed E-state index contributed by atoms with van der Waals surface area (Å²) in [4.78, 5) is 22.8. The average molecular weight is 472 g/mol. The molecule has 2 heterocycles. The van der Waals surface area contributed by atoms with Gasteiger partial charge in [-0.15, -0.1) is 0 Å². The lowest BCUT2D eigenvalue weighted by Crippen LogP contribution is -2.25. The molecule has 1 unspecified atom stereocenters. The van der Waals surface area contributed by atoms with Gasteiger partial charge in [0.25, 0.3) is 0 Å². The first kappa shape index (κ1) is 22.1. The van der Waals surface area contributed by atoms with E-state index in [-0.39, 0.29) is 35.7 Å². The second-order valence-corrected chi connectivity index (χ2v) is 7.92. The van der Waals surface area contributed by atoms with Gasteiger partial charge in [-0.1, -0.05) is 47.8 Å². The molecule has 12 heteroatoms. The fraction of sp³-hybridized carbons (Fsp3) is 0.278. The molecule has 0 spiro atoms. The molecule has 1 aromatic carbocycles. The van der Waals surface area contributed by atoms with Gasteiger partial charge in [-0.2, -0.15) is 9.78 Å². The molecule has 1 amide bonds. The molecule has 0 bridgehead atoms. The minimum absolute atomic E-state index is 0.166. The first-order chi connectivity index (χ1) is 14.2. The van der Waals surface area contributed by atoms with Crippen molar-refractivity contribution in [3.05, 3.63) is 66.9 Å². The molecule has 9 nitrogen and oxygen atoms in total. The Hall–Kier alpha value is -2.62. The third-order valence-electron chi connectivity index (χ3n) is 4.39. The average Bonchev–Trinajstić information content (AvgIpc) is 3.21. The quantitative estimate of drug-likeness (QED) is 0.401. The van der Waals surface area contributed by atoms with Gasteiger partial charge in [0.1, 0.15) is 5.02 Å². The minimum atomic E-state index is -0.577. The Balaban J connectivity index is 1.69. The molecule has 0 aliphatic heterocycles. The summed E-state index contributed by atoms with van der Waals surface area (Å²) < 4.78 is 2.94. The number of aryl methyl sites for hydroxylation is 1. The standard InChI is InChI=1S/C18H17Cl3N6O3/c1-10(7-26-11(2)6-16(23-26)27(29)30)18(28)22-17-15(21)9-25(24-17)8-12-13(19)4-3-5-14(12)20/h3-6,9-10H,7-8H2,1-2H3,(H,22,24,28). The summed E-state index contributed by atoms with van der Waals surface area (Å²) in [6.45, 7) is 3.80. The molecule has 0 saturated heterocycles. The molecule has 0 aliphatic carbocycles. The van der Waals surface area contributed by atoms with E-state index in [9.17, 15) is 14.9 Å². The highest BCUT2D eigenvalue weighted by Crippen LogP contribution is 2.27. The van der Waals surface area contributed by atoms with Gasteiger partial charge >= 0.3 is 5.82 Å². The number of nitrogens with one attached hydrogen (secondary N) is 1. The highest BCUT2D eigenvalue weighted by atomic mass is 35.5. The number of aromatic nitrogens is 4. The van der Waals surface area contributed by atoms with E-state index in [0.29, 0.717) is 21.3 Å². The van der Waals surface area contributed by atoms with E-state index in [1.165, 1.54) is 15.4 Å². The Kier molecular flexibility index (Phi) is 6.64. The molecule has 2 aromatic heterocycles. The van der Waals surface area contributed by atoms with E-state index in [4.69, 9.17) is 34.8 Å². The monoisotopic (exact) mass is 470 g/mol. The molecule has 0 aliphatic rings. The summed E-state index contributed by atoms with van der Waals surface area (Å²) in [6.07, 6.45) is 1.56. The van der Waals surface area contributed by atoms with Crippen molar-refractivity contribution in [2.75, 3.05) is 5.32 Å². The lowest BCUT2D eigenvalue weighted by atomic mass is 10.1. The van der Waals surface area contributed by atoms with Crippen LogP contribution < -0.4 is 5.32 Å². The van der Waals surface area contributed by atoms with Gasteiger partial charge in [-0.3, -0.25) is 9.48 Å². The zero-order valence-corrected chi connectivity index (χ0v) is 18.2. The molecule has 0 radical (unpaired) electrons. The van der Waals surface area contributed by atoms with Crippen molar-refractivity contribution in [3.8, 4) is 0 Å². The maximum atomic E-state index is 12.6. The van der Waals surface area contributed by atoms with Gasteiger partial charge < -0.3 is 15.4 Å². The van der Waals surface area contributed by atoms with Gasteiger partial charge in [0, 0.05) is 21.8 Å². The SMILES string of the molecule is Cc1cc([N+](=O)[O-])nn1CC(C)C(=O)Nc1nn(Cc2c(Cl)cccc2Cl)cc1Cl. The summed E-state index contributed by atoms with van der Waals surface area (Å²) in [7, 11) is 0. The maximum absolute atomic E-state index is 12.6. The van der Waals surface area contributed by atoms with Crippen molar-refractivity contribution < 1.29 is 9.72 Å². The Morgan fingerprint density at radius 2 is 1.90 bits per heavy atom. The number of rotatable bonds is 7. The van der Waals surface area contributed by atoms with E-state index in [2.05, 4.69) is 15.5 Å².